The average molecular weight is 465 g/mol. The van der Waals surface area contributed by atoms with Crippen molar-refractivity contribution in [2.45, 2.75) is 58.0 Å². The Morgan fingerprint density at radius 1 is 0.971 bits per heavy atom. The fraction of sp³-hybridized carbons (Fsp3) is 0.444. The van der Waals surface area contributed by atoms with Crippen LogP contribution in [0.4, 0.5) is 4.79 Å². The molecule has 2 aromatic carbocycles. The number of carboxylic acids is 1. The molecule has 2 atom stereocenters. The van der Waals surface area contributed by atoms with E-state index in [-0.39, 0.29) is 30.8 Å². The zero-order chi connectivity index (χ0) is 24.5. The Bertz CT molecular complexity index is 1040. The van der Waals surface area contributed by atoms with Gasteiger partial charge in [0.1, 0.15) is 12.6 Å². The van der Waals surface area contributed by atoms with Crippen LogP contribution in [-0.4, -0.2) is 41.8 Å². The molecule has 0 saturated heterocycles. The fourth-order valence-corrected chi connectivity index (χ4v) is 4.60. The number of benzene rings is 2. The first-order chi connectivity index (χ1) is 16.1. The molecule has 1 fully saturated rings. The molecule has 180 valence electrons. The molecule has 2 aliphatic carbocycles. The predicted molar refractivity (Wildman–Crippen MR) is 128 cm³/mol. The van der Waals surface area contributed by atoms with E-state index >= 15 is 0 Å². The SMILES string of the molecule is CC(C)(C)C(CC(=O)O)NC(=O)C(NC(=O)OCC1c2ccccc2-c2ccccc21)C1CC1. The molecule has 3 N–H and O–H groups in total. The zero-order valence-electron chi connectivity index (χ0n) is 19.8. The van der Waals surface area contributed by atoms with Crippen LogP contribution in [0.3, 0.4) is 0 Å². The summed E-state index contributed by atoms with van der Waals surface area (Å²) in [5.41, 5.74) is 4.10. The molecule has 0 aliphatic heterocycles. The fourth-order valence-electron chi connectivity index (χ4n) is 4.60. The molecule has 0 heterocycles. The number of rotatable bonds is 8. The smallest absolute Gasteiger partial charge is 0.407 e. The number of carbonyl (C=O) groups is 3. The Kier molecular flexibility index (Phi) is 6.64. The number of hydrogen-bond acceptors (Lipinski definition) is 4. The highest BCUT2D eigenvalue weighted by Crippen LogP contribution is 2.44. The van der Waals surface area contributed by atoms with Gasteiger partial charge in [0.2, 0.25) is 5.91 Å². The first kappa shape index (κ1) is 23.8. The number of alkyl carbamates (subject to hydrolysis) is 1. The summed E-state index contributed by atoms with van der Waals surface area (Å²) in [7, 11) is 0. The van der Waals surface area contributed by atoms with E-state index in [1.54, 1.807) is 0 Å². The van der Waals surface area contributed by atoms with Gasteiger partial charge in [0, 0.05) is 12.0 Å². The van der Waals surface area contributed by atoms with Crippen molar-refractivity contribution in [3.05, 3.63) is 59.7 Å². The normalized spacial score (nSPS) is 16.7. The molecule has 0 aromatic heterocycles. The van der Waals surface area contributed by atoms with Gasteiger partial charge in [-0.05, 0) is 46.4 Å². The van der Waals surface area contributed by atoms with E-state index < -0.39 is 29.6 Å². The summed E-state index contributed by atoms with van der Waals surface area (Å²) in [6.07, 6.45) is 0.846. The van der Waals surface area contributed by atoms with Crippen molar-refractivity contribution in [1.29, 1.82) is 0 Å². The second-order valence-corrected chi connectivity index (χ2v) is 10.3. The Hall–Kier alpha value is -3.35. The minimum Gasteiger partial charge on any atom is -0.481 e. The van der Waals surface area contributed by atoms with Gasteiger partial charge in [-0.3, -0.25) is 9.59 Å². The summed E-state index contributed by atoms with van der Waals surface area (Å²) >= 11 is 0. The van der Waals surface area contributed by atoms with Crippen molar-refractivity contribution in [3.63, 3.8) is 0 Å². The van der Waals surface area contributed by atoms with Crippen LogP contribution in [0.5, 0.6) is 0 Å². The number of ether oxygens (including phenoxy) is 1. The van der Waals surface area contributed by atoms with Crippen molar-refractivity contribution in [2.75, 3.05) is 6.61 Å². The van der Waals surface area contributed by atoms with Crippen LogP contribution < -0.4 is 10.6 Å². The standard InChI is InChI=1S/C27H32N2O5/c1-27(2,3)22(14-23(30)31)28-25(32)24(16-12-13-16)29-26(33)34-15-21-19-10-6-4-8-17(19)18-9-5-7-11-20(18)21/h4-11,16,21-22,24H,12-15H2,1-3H3,(H,28,32)(H,29,33)(H,30,31). The van der Waals surface area contributed by atoms with Gasteiger partial charge in [0.05, 0.1) is 6.42 Å². The Balaban J connectivity index is 1.41. The lowest BCUT2D eigenvalue weighted by molar-refractivity contribution is -0.138. The van der Waals surface area contributed by atoms with Crippen molar-refractivity contribution in [1.82, 2.24) is 10.6 Å². The van der Waals surface area contributed by atoms with Gasteiger partial charge in [-0.1, -0.05) is 69.3 Å². The number of carboxylic acid groups (broad SMARTS) is 1. The van der Waals surface area contributed by atoms with Crippen molar-refractivity contribution < 1.29 is 24.2 Å². The average Bonchev–Trinajstić information content (AvgIpc) is 3.57. The molecule has 1 saturated carbocycles. The Labute approximate surface area is 199 Å². The van der Waals surface area contributed by atoms with E-state index in [1.165, 1.54) is 0 Å². The molecule has 2 aromatic rings. The van der Waals surface area contributed by atoms with Gasteiger partial charge >= 0.3 is 12.1 Å². The predicted octanol–water partition coefficient (Wildman–Crippen LogP) is 4.31. The summed E-state index contributed by atoms with van der Waals surface area (Å²) in [5.74, 6) is -1.37. The van der Waals surface area contributed by atoms with E-state index in [2.05, 4.69) is 34.9 Å². The minimum absolute atomic E-state index is 0.0333. The van der Waals surface area contributed by atoms with Crippen LogP contribution >= 0.6 is 0 Å². The number of fused-ring (bicyclic) bond motifs is 3. The molecule has 4 rings (SSSR count). The highest BCUT2D eigenvalue weighted by atomic mass is 16.5. The Morgan fingerprint density at radius 3 is 2.03 bits per heavy atom. The van der Waals surface area contributed by atoms with Crippen molar-refractivity contribution >= 4 is 18.0 Å². The third-order valence-corrected chi connectivity index (χ3v) is 6.73. The maximum absolute atomic E-state index is 13.0. The molecular formula is C27H32N2O5. The molecule has 0 bridgehead atoms. The second-order valence-electron chi connectivity index (χ2n) is 10.3. The summed E-state index contributed by atoms with van der Waals surface area (Å²) in [6, 6.07) is 14.9. The van der Waals surface area contributed by atoms with Crippen molar-refractivity contribution in [3.8, 4) is 11.1 Å². The first-order valence-electron chi connectivity index (χ1n) is 11.8. The molecule has 7 nitrogen and oxygen atoms in total. The van der Waals surface area contributed by atoms with Gasteiger partial charge in [0.15, 0.2) is 0 Å². The molecule has 34 heavy (non-hydrogen) atoms. The number of carbonyl (C=O) groups excluding carboxylic acids is 2. The van der Waals surface area contributed by atoms with Gasteiger partial charge in [0.25, 0.3) is 0 Å². The van der Waals surface area contributed by atoms with Gasteiger partial charge in [-0.25, -0.2) is 4.79 Å². The number of hydrogen-bond donors (Lipinski definition) is 3. The van der Waals surface area contributed by atoms with E-state index in [0.29, 0.717) is 0 Å². The summed E-state index contributed by atoms with van der Waals surface area (Å²) < 4.78 is 5.61. The third kappa shape index (κ3) is 5.24. The summed E-state index contributed by atoms with van der Waals surface area (Å²) in [5, 5.41) is 14.8. The third-order valence-electron chi connectivity index (χ3n) is 6.73. The van der Waals surface area contributed by atoms with E-state index in [9.17, 15) is 19.5 Å². The second kappa shape index (κ2) is 9.49. The first-order valence-corrected chi connectivity index (χ1v) is 11.8. The lowest BCUT2D eigenvalue weighted by Crippen LogP contribution is -2.54. The quantitative estimate of drug-likeness (QED) is 0.540. The molecule has 7 heteroatoms. The molecule has 2 amide bonds. The number of aliphatic carboxylic acids is 1. The van der Waals surface area contributed by atoms with Crippen LogP contribution in [0, 0.1) is 11.3 Å². The van der Waals surface area contributed by atoms with Gasteiger partial charge in [-0.15, -0.1) is 0 Å². The molecule has 2 unspecified atom stereocenters. The maximum Gasteiger partial charge on any atom is 0.407 e. The van der Waals surface area contributed by atoms with Gasteiger partial charge < -0.3 is 20.5 Å². The van der Waals surface area contributed by atoms with E-state index in [1.807, 2.05) is 45.0 Å². The lowest BCUT2D eigenvalue weighted by atomic mass is 9.84. The largest absolute Gasteiger partial charge is 0.481 e. The lowest BCUT2D eigenvalue weighted by Gasteiger charge is -2.32. The Morgan fingerprint density at radius 2 is 1.53 bits per heavy atom. The maximum atomic E-state index is 13.0. The van der Waals surface area contributed by atoms with Crippen LogP contribution in [-0.2, 0) is 14.3 Å². The molecule has 2 aliphatic rings. The van der Waals surface area contributed by atoms with E-state index in [4.69, 9.17) is 4.74 Å². The van der Waals surface area contributed by atoms with Gasteiger partial charge in [-0.2, -0.15) is 0 Å². The topological polar surface area (TPSA) is 105 Å². The molecule has 0 spiro atoms. The van der Waals surface area contributed by atoms with Crippen LogP contribution in [0.2, 0.25) is 0 Å². The monoisotopic (exact) mass is 464 g/mol. The molecular weight excluding hydrogens is 432 g/mol. The van der Waals surface area contributed by atoms with Crippen LogP contribution in [0.15, 0.2) is 48.5 Å². The summed E-state index contributed by atoms with van der Waals surface area (Å²) in [4.78, 5) is 37.0. The zero-order valence-corrected chi connectivity index (χ0v) is 19.8. The minimum atomic E-state index is -0.979. The number of amides is 2. The van der Waals surface area contributed by atoms with Crippen molar-refractivity contribution in [2.24, 2.45) is 11.3 Å². The van der Waals surface area contributed by atoms with E-state index in [0.717, 1.165) is 35.1 Å². The highest BCUT2D eigenvalue weighted by molar-refractivity contribution is 5.87. The highest BCUT2D eigenvalue weighted by Gasteiger charge is 2.40. The van der Waals surface area contributed by atoms with Crippen LogP contribution in [0.25, 0.3) is 11.1 Å². The van der Waals surface area contributed by atoms with Crippen LogP contribution in [0.1, 0.15) is 57.1 Å². The number of nitrogens with one attached hydrogen (secondary N) is 2. The molecule has 0 radical (unpaired) electrons. The summed E-state index contributed by atoms with van der Waals surface area (Å²) in [6.45, 7) is 5.81.